The summed E-state index contributed by atoms with van der Waals surface area (Å²) in [6.45, 7) is 14.3. The summed E-state index contributed by atoms with van der Waals surface area (Å²) in [6, 6.07) is 4.36. The van der Waals surface area contributed by atoms with Crippen molar-refractivity contribution in [1.82, 2.24) is 0 Å². The monoisotopic (exact) mass is 216 g/mol. The summed E-state index contributed by atoms with van der Waals surface area (Å²) in [5.74, 6) is 0. The Bertz CT molecular complexity index is 182. The predicted molar refractivity (Wildman–Crippen MR) is 68.3 cm³/mol. The second-order valence-corrected chi connectivity index (χ2v) is 3.24. The first kappa shape index (κ1) is 19.0. The Morgan fingerprint density at radius 2 is 1.57 bits per heavy atom. The van der Waals surface area contributed by atoms with Crippen molar-refractivity contribution in [2.45, 2.75) is 48.0 Å². The smallest absolute Gasteiger partial charge is 0.106 e. The maximum absolute atomic E-state index is 8.00. The molecular weight excluding hydrogens is 192 g/mol. The molecule has 0 saturated carbocycles. The van der Waals surface area contributed by atoms with Crippen molar-refractivity contribution in [3.63, 3.8) is 0 Å². The molecule has 0 fully saturated rings. The summed E-state index contributed by atoms with van der Waals surface area (Å²) < 4.78 is 0. The molecule has 0 unspecified atom stereocenters. The summed E-state index contributed by atoms with van der Waals surface area (Å²) in [6.07, 6.45) is 1.18. The van der Waals surface area contributed by atoms with E-state index in [1.165, 1.54) is 16.2 Å². The highest BCUT2D eigenvalue weighted by atomic mass is 32.1. The van der Waals surface area contributed by atoms with Crippen molar-refractivity contribution < 1.29 is 4.79 Å². The molecule has 0 atom stereocenters. The molecule has 1 aromatic rings. The maximum Gasteiger partial charge on any atom is 0.106 e. The van der Waals surface area contributed by atoms with Gasteiger partial charge in [0, 0.05) is 9.75 Å². The van der Waals surface area contributed by atoms with Gasteiger partial charge in [-0.2, -0.15) is 0 Å². The SMILES string of the molecule is C=O.CC.CC.CCc1ccc(C)s1. The van der Waals surface area contributed by atoms with Gasteiger partial charge in [-0.15, -0.1) is 11.3 Å². The largest absolute Gasteiger partial charge is 0.307 e. The molecule has 0 aliphatic heterocycles. The van der Waals surface area contributed by atoms with Crippen LogP contribution in [-0.4, -0.2) is 6.79 Å². The zero-order chi connectivity index (χ0) is 12.0. The molecule has 1 heterocycles. The Balaban J connectivity index is -0.000000174. The van der Waals surface area contributed by atoms with E-state index in [9.17, 15) is 0 Å². The molecule has 84 valence electrons. The van der Waals surface area contributed by atoms with Crippen LogP contribution < -0.4 is 0 Å². The van der Waals surface area contributed by atoms with E-state index in [1.807, 2.05) is 45.8 Å². The van der Waals surface area contributed by atoms with Crippen LogP contribution in [0.5, 0.6) is 0 Å². The summed E-state index contributed by atoms with van der Waals surface area (Å²) in [5, 5.41) is 0. The zero-order valence-corrected chi connectivity index (χ0v) is 11.2. The van der Waals surface area contributed by atoms with Crippen molar-refractivity contribution in [3.8, 4) is 0 Å². The lowest BCUT2D eigenvalue weighted by molar-refractivity contribution is -0.0979. The van der Waals surface area contributed by atoms with Gasteiger partial charge in [0.25, 0.3) is 0 Å². The average Bonchev–Trinajstić information content (AvgIpc) is 2.73. The third kappa shape index (κ3) is 11.4. The van der Waals surface area contributed by atoms with Gasteiger partial charge in [-0.1, -0.05) is 34.6 Å². The second kappa shape index (κ2) is 18.2. The van der Waals surface area contributed by atoms with Crippen LogP contribution in [0.3, 0.4) is 0 Å². The lowest BCUT2D eigenvalue weighted by Crippen LogP contribution is -1.63. The number of aryl methyl sites for hydroxylation is 2. The highest BCUT2D eigenvalue weighted by molar-refractivity contribution is 7.11. The van der Waals surface area contributed by atoms with Crippen LogP contribution in [-0.2, 0) is 11.2 Å². The lowest BCUT2D eigenvalue weighted by Gasteiger charge is -1.80. The van der Waals surface area contributed by atoms with E-state index in [2.05, 4.69) is 26.0 Å². The Kier molecular flexibility index (Phi) is 24.8. The van der Waals surface area contributed by atoms with Crippen molar-refractivity contribution in [1.29, 1.82) is 0 Å². The predicted octanol–water partition coefficient (Wildman–Crippen LogP) is 4.49. The highest BCUT2D eigenvalue weighted by Crippen LogP contribution is 2.14. The quantitative estimate of drug-likeness (QED) is 0.676. The van der Waals surface area contributed by atoms with Crippen LogP contribution in [0.4, 0.5) is 0 Å². The van der Waals surface area contributed by atoms with Gasteiger partial charge in [0.2, 0.25) is 0 Å². The number of carbonyl (C=O) groups is 1. The molecule has 0 amide bonds. The van der Waals surface area contributed by atoms with Crippen molar-refractivity contribution in [2.24, 2.45) is 0 Å². The Labute approximate surface area is 93.2 Å². The van der Waals surface area contributed by atoms with E-state index in [1.54, 1.807) is 0 Å². The Hall–Kier alpha value is -0.630. The fourth-order valence-electron chi connectivity index (χ4n) is 0.675. The molecule has 0 aromatic carbocycles. The van der Waals surface area contributed by atoms with Crippen LogP contribution in [0.25, 0.3) is 0 Å². The van der Waals surface area contributed by atoms with E-state index in [4.69, 9.17) is 4.79 Å². The molecule has 1 rings (SSSR count). The lowest BCUT2D eigenvalue weighted by atomic mass is 10.4. The maximum atomic E-state index is 8.00. The molecular formula is C12H24OS. The van der Waals surface area contributed by atoms with Gasteiger partial charge in [0.05, 0.1) is 0 Å². The number of thiophene rings is 1. The first-order valence-corrected chi connectivity index (χ1v) is 5.98. The van der Waals surface area contributed by atoms with Crippen LogP contribution in [0.15, 0.2) is 12.1 Å². The summed E-state index contributed by atoms with van der Waals surface area (Å²) in [7, 11) is 0. The summed E-state index contributed by atoms with van der Waals surface area (Å²) in [4.78, 5) is 10.9. The first-order chi connectivity index (χ1) is 6.83. The minimum Gasteiger partial charge on any atom is -0.307 e. The molecule has 2 heteroatoms. The number of hydrogen-bond acceptors (Lipinski definition) is 2. The fourth-order valence-corrected chi connectivity index (χ4v) is 1.51. The molecule has 0 radical (unpaired) electrons. The molecule has 0 saturated heterocycles. The van der Waals surface area contributed by atoms with Crippen LogP contribution in [0.2, 0.25) is 0 Å². The van der Waals surface area contributed by atoms with Gasteiger partial charge in [-0.3, -0.25) is 0 Å². The summed E-state index contributed by atoms with van der Waals surface area (Å²) >= 11 is 1.89. The number of hydrogen-bond donors (Lipinski definition) is 0. The second-order valence-electron chi connectivity index (χ2n) is 1.87. The fraction of sp³-hybridized carbons (Fsp3) is 0.583. The molecule has 0 aliphatic rings. The van der Waals surface area contributed by atoms with Gasteiger partial charge in [-0.05, 0) is 25.5 Å². The van der Waals surface area contributed by atoms with Gasteiger partial charge in [0.15, 0.2) is 0 Å². The van der Waals surface area contributed by atoms with E-state index < -0.39 is 0 Å². The van der Waals surface area contributed by atoms with Gasteiger partial charge in [-0.25, -0.2) is 0 Å². The molecule has 1 nitrogen and oxygen atoms in total. The third-order valence-corrected chi connectivity index (χ3v) is 2.29. The minimum atomic E-state index is 1.18. The molecule has 0 N–H and O–H groups in total. The normalized spacial score (nSPS) is 6.71. The van der Waals surface area contributed by atoms with E-state index >= 15 is 0 Å². The van der Waals surface area contributed by atoms with E-state index in [0.717, 1.165) is 0 Å². The third-order valence-electron chi connectivity index (χ3n) is 1.14. The van der Waals surface area contributed by atoms with Crippen molar-refractivity contribution in [3.05, 3.63) is 21.9 Å². The molecule has 0 spiro atoms. The van der Waals surface area contributed by atoms with Gasteiger partial charge in [0.1, 0.15) is 6.79 Å². The van der Waals surface area contributed by atoms with Crippen LogP contribution in [0, 0.1) is 6.92 Å². The van der Waals surface area contributed by atoms with Gasteiger partial charge < -0.3 is 4.79 Å². The Morgan fingerprint density at radius 1 is 1.14 bits per heavy atom. The first-order valence-electron chi connectivity index (χ1n) is 5.17. The topological polar surface area (TPSA) is 17.1 Å². The number of rotatable bonds is 1. The number of carbonyl (C=O) groups excluding carboxylic acids is 1. The Morgan fingerprint density at radius 3 is 1.71 bits per heavy atom. The molecule has 0 bridgehead atoms. The summed E-state index contributed by atoms with van der Waals surface area (Å²) in [5.41, 5.74) is 0. The van der Waals surface area contributed by atoms with Crippen molar-refractivity contribution in [2.75, 3.05) is 0 Å². The molecule has 1 aromatic heterocycles. The van der Waals surface area contributed by atoms with Gasteiger partial charge >= 0.3 is 0 Å². The standard InChI is InChI=1S/C7H10S.2C2H6.CH2O/c1-3-7-5-4-6(2)8-7;3*1-2/h4-5H,3H2,1-2H3;2*1-2H3;1H2. The van der Waals surface area contributed by atoms with Crippen LogP contribution in [0.1, 0.15) is 44.4 Å². The minimum absolute atomic E-state index is 1.18. The molecule has 14 heavy (non-hydrogen) atoms. The van der Waals surface area contributed by atoms with Crippen molar-refractivity contribution >= 4 is 18.1 Å². The zero-order valence-electron chi connectivity index (χ0n) is 10.4. The van der Waals surface area contributed by atoms with E-state index in [0.29, 0.717) is 0 Å². The van der Waals surface area contributed by atoms with E-state index in [-0.39, 0.29) is 0 Å². The molecule has 0 aliphatic carbocycles. The average molecular weight is 216 g/mol. The van der Waals surface area contributed by atoms with Crippen LogP contribution >= 0.6 is 11.3 Å². The highest BCUT2D eigenvalue weighted by Gasteiger charge is 1.89.